The minimum absolute atomic E-state index is 0.382. The van der Waals surface area contributed by atoms with E-state index in [1.165, 1.54) is 18.9 Å². The Bertz CT molecular complexity index is 644. The first-order valence-corrected chi connectivity index (χ1v) is 7.40. The van der Waals surface area contributed by atoms with Crippen LogP contribution in [0.5, 0.6) is 0 Å². The number of nitrogen functional groups attached to an aromatic ring is 1. The smallest absolute Gasteiger partial charge is 0.340 e. The van der Waals surface area contributed by atoms with Gasteiger partial charge < -0.3 is 10.5 Å². The minimum Gasteiger partial charge on any atom is -0.465 e. The zero-order chi connectivity index (χ0) is 14.7. The Morgan fingerprint density at radius 3 is 2.75 bits per heavy atom. The molecule has 104 valence electrons. The summed E-state index contributed by atoms with van der Waals surface area (Å²) in [6, 6.07) is 7.47. The third-order valence-corrected chi connectivity index (χ3v) is 4.08. The molecule has 0 aliphatic rings. The third-order valence-electron chi connectivity index (χ3n) is 2.69. The summed E-state index contributed by atoms with van der Waals surface area (Å²) in [7, 11) is 1.34. The first kappa shape index (κ1) is 14.9. The lowest BCUT2D eigenvalue weighted by atomic mass is 10.1. The van der Waals surface area contributed by atoms with Crippen molar-refractivity contribution in [3.8, 4) is 0 Å². The highest BCUT2D eigenvalue weighted by molar-refractivity contribution is 9.10. The van der Waals surface area contributed by atoms with E-state index in [1.807, 2.05) is 25.1 Å². The second-order valence-corrected chi connectivity index (χ2v) is 6.12. The van der Waals surface area contributed by atoms with E-state index in [-0.39, 0.29) is 0 Å². The maximum Gasteiger partial charge on any atom is 0.340 e. The number of halogens is 1. The Labute approximate surface area is 129 Å². The van der Waals surface area contributed by atoms with Crippen LogP contribution in [0, 0.1) is 6.92 Å². The fraction of sp³-hybridized carbons (Fsp3) is 0.143. The molecule has 4 nitrogen and oxygen atoms in total. The molecule has 6 heteroatoms. The molecule has 0 saturated carbocycles. The highest BCUT2D eigenvalue weighted by atomic mass is 79.9. The number of ether oxygens (including phenoxy) is 1. The summed E-state index contributed by atoms with van der Waals surface area (Å²) in [6.07, 6.45) is 1.73. The standard InChI is InChI=1S/C14H13BrN2O2S/c1-8-5-10(6-11(13(8)16)14(18)19-2)20-12-4-3-9(15)7-17-12/h3-7H,16H2,1-2H3. The lowest BCUT2D eigenvalue weighted by Crippen LogP contribution is -2.07. The predicted molar refractivity (Wildman–Crippen MR) is 83.0 cm³/mol. The van der Waals surface area contributed by atoms with E-state index >= 15 is 0 Å². The average Bonchev–Trinajstić information content (AvgIpc) is 2.44. The minimum atomic E-state index is -0.434. The zero-order valence-electron chi connectivity index (χ0n) is 11.0. The molecule has 0 saturated heterocycles. The maximum atomic E-state index is 11.7. The Hall–Kier alpha value is -1.53. The van der Waals surface area contributed by atoms with Crippen LogP contribution in [0.2, 0.25) is 0 Å². The molecule has 0 radical (unpaired) electrons. The third kappa shape index (κ3) is 3.32. The number of esters is 1. The van der Waals surface area contributed by atoms with Crippen molar-refractivity contribution in [3.05, 3.63) is 46.1 Å². The van der Waals surface area contributed by atoms with Crippen molar-refractivity contribution in [2.24, 2.45) is 0 Å². The van der Waals surface area contributed by atoms with Crippen LogP contribution in [0.1, 0.15) is 15.9 Å². The van der Waals surface area contributed by atoms with Gasteiger partial charge in [-0.25, -0.2) is 9.78 Å². The van der Waals surface area contributed by atoms with Crippen LogP contribution >= 0.6 is 27.7 Å². The zero-order valence-corrected chi connectivity index (χ0v) is 13.4. The van der Waals surface area contributed by atoms with Gasteiger partial charge in [0.05, 0.1) is 12.7 Å². The molecule has 20 heavy (non-hydrogen) atoms. The van der Waals surface area contributed by atoms with E-state index < -0.39 is 5.97 Å². The molecule has 2 aromatic rings. The van der Waals surface area contributed by atoms with Gasteiger partial charge >= 0.3 is 5.97 Å². The number of benzene rings is 1. The van der Waals surface area contributed by atoms with Crippen molar-refractivity contribution in [1.82, 2.24) is 4.98 Å². The van der Waals surface area contributed by atoms with Gasteiger partial charge in [-0.2, -0.15) is 0 Å². The molecule has 1 aromatic carbocycles. The number of nitrogens with two attached hydrogens (primary N) is 1. The van der Waals surface area contributed by atoms with Crippen LogP contribution in [0.3, 0.4) is 0 Å². The maximum absolute atomic E-state index is 11.7. The van der Waals surface area contributed by atoms with Gasteiger partial charge in [0.2, 0.25) is 0 Å². The predicted octanol–water partition coefficient (Wildman–Crippen LogP) is 3.67. The van der Waals surface area contributed by atoms with Crippen molar-refractivity contribution in [2.45, 2.75) is 16.8 Å². The average molecular weight is 353 g/mol. The van der Waals surface area contributed by atoms with Crippen molar-refractivity contribution in [2.75, 3.05) is 12.8 Å². The van der Waals surface area contributed by atoms with E-state index in [9.17, 15) is 4.79 Å². The number of carbonyl (C=O) groups is 1. The van der Waals surface area contributed by atoms with E-state index in [4.69, 9.17) is 10.5 Å². The number of hydrogen-bond acceptors (Lipinski definition) is 5. The molecule has 0 aliphatic carbocycles. The first-order chi connectivity index (χ1) is 9.51. The number of anilines is 1. The molecule has 0 fully saturated rings. The van der Waals surface area contributed by atoms with Crippen molar-refractivity contribution < 1.29 is 9.53 Å². The number of rotatable bonds is 3. The van der Waals surface area contributed by atoms with Crippen molar-refractivity contribution >= 4 is 39.3 Å². The monoisotopic (exact) mass is 352 g/mol. The van der Waals surface area contributed by atoms with Crippen molar-refractivity contribution in [3.63, 3.8) is 0 Å². The van der Waals surface area contributed by atoms with Gasteiger partial charge in [0, 0.05) is 21.3 Å². The SMILES string of the molecule is COC(=O)c1cc(Sc2ccc(Br)cn2)cc(C)c1N. The molecule has 0 unspecified atom stereocenters. The molecule has 2 N–H and O–H groups in total. The van der Waals surface area contributed by atoms with E-state index in [0.717, 1.165) is 20.0 Å². The highest BCUT2D eigenvalue weighted by Gasteiger charge is 2.14. The molecular formula is C14H13BrN2O2S. The largest absolute Gasteiger partial charge is 0.465 e. The number of pyridine rings is 1. The Morgan fingerprint density at radius 2 is 2.15 bits per heavy atom. The molecule has 1 aromatic heterocycles. The van der Waals surface area contributed by atoms with Crippen molar-refractivity contribution in [1.29, 1.82) is 0 Å². The van der Waals surface area contributed by atoms with Crippen LogP contribution in [0.4, 0.5) is 5.69 Å². The van der Waals surface area contributed by atoms with E-state index in [2.05, 4.69) is 20.9 Å². The normalized spacial score (nSPS) is 10.3. The number of methoxy groups -OCH3 is 1. The van der Waals surface area contributed by atoms with Crippen LogP contribution in [0.15, 0.2) is 44.9 Å². The van der Waals surface area contributed by atoms with Gasteiger partial charge in [-0.3, -0.25) is 0 Å². The summed E-state index contributed by atoms with van der Waals surface area (Å²) in [5.74, 6) is -0.434. The van der Waals surface area contributed by atoms with Crippen LogP contribution < -0.4 is 5.73 Å². The molecule has 1 heterocycles. The Kier molecular flexibility index (Phi) is 4.67. The number of nitrogens with zero attached hydrogens (tertiary/aromatic N) is 1. The number of aryl methyl sites for hydroxylation is 1. The molecule has 0 spiro atoms. The molecule has 2 rings (SSSR count). The molecule has 0 atom stereocenters. The van der Waals surface area contributed by atoms with Gasteiger partial charge in [0.1, 0.15) is 5.03 Å². The molecule has 0 bridgehead atoms. The summed E-state index contributed by atoms with van der Waals surface area (Å²) >= 11 is 4.81. The van der Waals surface area contributed by atoms with Gasteiger partial charge in [0.15, 0.2) is 0 Å². The molecule has 0 amide bonds. The van der Waals surface area contributed by atoms with Crippen LogP contribution in [-0.2, 0) is 4.74 Å². The van der Waals surface area contributed by atoms with E-state index in [0.29, 0.717) is 11.3 Å². The second-order valence-electron chi connectivity index (χ2n) is 4.11. The Morgan fingerprint density at radius 1 is 1.40 bits per heavy atom. The summed E-state index contributed by atoms with van der Waals surface area (Å²) in [5.41, 5.74) is 7.58. The highest BCUT2D eigenvalue weighted by Crippen LogP contribution is 2.31. The number of carbonyl (C=O) groups excluding carboxylic acids is 1. The summed E-state index contributed by atoms with van der Waals surface area (Å²) < 4.78 is 5.66. The molecule has 0 aliphatic heterocycles. The topological polar surface area (TPSA) is 65.2 Å². The lowest BCUT2D eigenvalue weighted by molar-refractivity contribution is 0.0601. The number of aromatic nitrogens is 1. The second kappa shape index (κ2) is 6.28. The summed E-state index contributed by atoms with van der Waals surface area (Å²) in [6.45, 7) is 1.86. The van der Waals surface area contributed by atoms with Gasteiger partial charge in [-0.15, -0.1) is 0 Å². The van der Waals surface area contributed by atoms with Gasteiger partial charge in [-0.1, -0.05) is 11.8 Å². The summed E-state index contributed by atoms with van der Waals surface area (Å²) in [4.78, 5) is 16.9. The van der Waals surface area contributed by atoms with Crippen LogP contribution in [0.25, 0.3) is 0 Å². The molecular weight excluding hydrogens is 340 g/mol. The first-order valence-electron chi connectivity index (χ1n) is 5.79. The van der Waals surface area contributed by atoms with Crippen LogP contribution in [-0.4, -0.2) is 18.1 Å². The fourth-order valence-corrected chi connectivity index (χ4v) is 2.78. The Balaban J connectivity index is 2.35. The number of hydrogen-bond donors (Lipinski definition) is 1. The lowest BCUT2D eigenvalue weighted by Gasteiger charge is -2.10. The fourth-order valence-electron chi connectivity index (χ4n) is 1.65. The van der Waals surface area contributed by atoms with Gasteiger partial charge in [-0.05, 0) is 52.7 Å². The quantitative estimate of drug-likeness (QED) is 0.674. The summed E-state index contributed by atoms with van der Waals surface area (Å²) in [5, 5.41) is 0.841. The van der Waals surface area contributed by atoms with Gasteiger partial charge in [0.25, 0.3) is 0 Å². The van der Waals surface area contributed by atoms with E-state index in [1.54, 1.807) is 12.3 Å².